The lowest BCUT2D eigenvalue weighted by Crippen LogP contribution is -2.32. The quantitative estimate of drug-likeness (QED) is 0.744. The van der Waals surface area contributed by atoms with Crippen LogP contribution in [0.1, 0.15) is 12.0 Å². The van der Waals surface area contributed by atoms with E-state index >= 15 is 0 Å². The number of benzene rings is 1. The van der Waals surface area contributed by atoms with Gasteiger partial charge in [0.05, 0.1) is 11.4 Å². The maximum absolute atomic E-state index is 12.2. The minimum absolute atomic E-state index is 0.0702. The van der Waals surface area contributed by atoms with Crippen molar-refractivity contribution in [3.63, 3.8) is 0 Å². The number of hydrogen-bond donors (Lipinski definition) is 2. The summed E-state index contributed by atoms with van der Waals surface area (Å²) in [7, 11) is -3.18. The van der Waals surface area contributed by atoms with Gasteiger partial charge in [0.25, 0.3) is 5.91 Å². The van der Waals surface area contributed by atoms with Gasteiger partial charge in [-0.25, -0.2) is 18.1 Å². The topological polar surface area (TPSA) is 110 Å². The lowest BCUT2D eigenvalue weighted by Gasteiger charge is -2.13. The summed E-state index contributed by atoms with van der Waals surface area (Å²) < 4.78 is 22.3. The Balaban J connectivity index is 2.14. The molecule has 1 aromatic carbocycles. The van der Waals surface area contributed by atoms with Crippen molar-refractivity contribution in [3.8, 4) is 0 Å². The highest BCUT2D eigenvalue weighted by Gasteiger charge is 2.39. The van der Waals surface area contributed by atoms with Crippen molar-refractivity contribution in [1.82, 2.24) is 5.32 Å². The molecule has 21 heavy (non-hydrogen) atoms. The van der Waals surface area contributed by atoms with Crippen LogP contribution in [0.15, 0.2) is 24.3 Å². The average Bonchev–Trinajstić information content (AvgIpc) is 2.71. The number of carbonyl (C=O) groups excluding carboxylic acids is 2. The first kappa shape index (κ1) is 15.5. The number of sulfone groups is 1. The number of imide groups is 1. The van der Waals surface area contributed by atoms with Crippen molar-refractivity contribution in [3.05, 3.63) is 29.8 Å². The number of amides is 3. The fraction of sp³-hybridized carbons (Fsp3) is 0.385. The number of urea groups is 1. The van der Waals surface area contributed by atoms with Crippen LogP contribution >= 0.6 is 0 Å². The summed E-state index contributed by atoms with van der Waals surface area (Å²) in [5.41, 5.74) is 6.82. The highest BCUT2D eigenvalue weighted by Crippen LogP contribution is 2.21. The van der Waals surface area contributed by atoms with Crippen LogP contribution in [-0.2, 0) is 21.2 Å². The van der Waals surface area contributed by atoms with E-state index in [0.717, 1.165) is 16.7 Å². The van der Waals surface area contributed by atoms with Crippen LogP contribution in [0, 0.1) is 0 Å². The van der Waals surface area contributed by atoms with Gasteiger partial charge in [0, 0.05) is 12.8 Å². The standard InChI is InChI=1S/C13H17N3O4S/c1-21(19,20)7-6-11-12(17)16(13(18)15-11)10-4-2-9(8-14)3-5-10/h2-5,11H,6-8,14H2,1H3,(H,15,18). The lowest BCUT2D eigenvalue weighted by atomic mass is 10.2. The summed E-state index contributed by atoms with van der Waals surface area (Å²) in [6.07, 6.45) is 1.17. The molecule has 0 radical (unpaired) electrons. The number of nitrogens with one attached hydrogen (secondary N) is 1. The average molecular weight is 311 g/mol. The van der Waals surface area contributed by atoms with Crippen LogP contribution in [0.5, 0.6) is 0 Å². The first-order valence-electron chi connectivity index (χ1n) is 6.43. The van der Waals surface area contributed by atoms with Gasteiger partial charge in [-0.2, -0.15) is 0 Å². The second kappa shape index (κ2) is 5.82. The summed E-state index contributed by atoms with van der Waals surface area (Å²) in [6, 6.07) is 5.40. The largest absolute Gasteiger partial charge is 0.329 e. The van der Waals surface area contributed by atoms with Crippen LogP contribution in [0.3, 0.4) is 0 Å². The van der Waals surface area contributed by atoms with Crippen molar-refractivity contribution < 1.29 is 18.0 Å². The van der Waals surface area contributed by atoms with Gasteiger partial charge in [-0.3, -0.25) is 4.79 Å². The maximum atomic E-state index is 12.2. The molecule has 1 aliphatic heterocycles. The maximum Gasteiger partial charge on any atom is 0.329 e. The van der Waals surface area contributed by atoms with Gasteiger partial charge in [-0.15, -0.1) is 0 Å². The molecule has 114 valence electrons. The molecule has 0 aromatic heterocycles. The summed E-state index contributed by atoms with van der Waals surface area (Å²) in [6.45, 7) is 0.372. The Kier molecular flexibility index (Phi) is 4.29. The molecule has 1 heterocycles. The minimum Gasteiger partial charge on any atom is -0.326 e. The van der Waals surface area contributed by atoms with E-state index in [4.69, 9.17) is 5.73 Å². The normalized spacial score (nSPS) is 19.0. The second-order valence-corrected chi connectivity index (χ2v) is 7.22. The predicted molar refractivity (Wildman–Crippen MR) is 78.5 cm³/mol. The summed E-state index contributed by atoms with van der Waals surface area (Å²) in [5, 5.41) is 2.50. The number of nitrogens with two attached hydrogens (primary N) is 1. The third-order valence-corrected chi connectivity index (χ3v) is 4.20. The van der Waals surface area contributed by atoms with Gasteiger partial charge in [-0.05, 0) is 24.1 Å². The van der Waals surface area contributed by atoms with Gasteiger partial charge in [0.15, 0.2) is 0 Å². The molecule has 3 amide bonds. The summed E-state index contributed by atoms with van der Waals surface area (Å²) in [4.78, 5) is 25.1. The molecular weight excluding hydrogens is 294 g/mol. The Hall–Kier alpha value is -1.93. The number of nitrogens with zero attached hydrogens (tertiary/aromatic N) is 1. The molecular formula is C13H17N3O4S. The zero-order valence-corrected chi connectivity index (χ0v) is 12.4. The van der Waals surface area contributed by atoms with Crippen molar-refractivity contribution in [2.75, 3.05) is 16.9 Å². The highest BCUT2D eigenvalue weighted by atomic mass is 32.2. The van der Waals surface area contributed by atoms with Gasteiger partial charge >= 0.3 is 6.03 Å². The van der Waals surface area contributed by atoms with E-state index in [2.05, 4.69) is 5.32 Å². The fourth-order valence-electron chi connectivity index (χ4n) is 2.08. The van der Waals surface area contributed by atoms with E-state index in [1.807, 2.05) is 0 Å². The van der Waals surface area contributed by atoms with Gasteiger partial charge < -0.3 is 11.1 Å². The molecule has 1 aromatic rings. The van der Waals surface area contributed by atoms with Crippen LogP contribution in [0.25, 0.3) is 0 Å². The van der Waals surface area contributed by atoms with E-state index in [1.165, 1.54) is 0 Å². The summed E-state index contributed by atoms with van der Waals surface area (Å²) >= 11 is 0. The second-order valence-electron chi connectivity index (χ2n) is 4.96. The third-order valence-electron chi connectivity index (χ3n) is 3.23. The number of anilines is 1. The first-order valence-corrected chi connectivity index (χ1v) is 8.49. The highest BCUT2D eigenvalue weighted by molar-refractivity contribution is 7.90. The zero-order valence-electron chi connectivity index (χ0n) is 11.6. The molecule has 1 atom stereocenters. The molecule has 0 saturated carbocycles. The van der Waals surface area contributed by atoms with E-state index in [1.54, 1.807) is 24.3 Å². The zero-order chi connectivity index (χ0) is 15.6. The number of carbonyl (C=O) groups is 2. The van der Waals surface area contributed by atoms with Crippen LogP contribution in [0.2, 0.25) is 0 Å². The van der Waals surface area contributed by atoms with Crippen LogP contribution in [-0.4, -0.2) is 38.4 Å². The van der Waals surface area contributed by atoms with Crippen LogP contribution in [0.4, 0.5) is 10.5 Å². The van der Waals surface area contributed by atoms with Gasteiger partial charge in [0.1, 0.15) is 15.9 Å². The van der Waals surface area contributed by atoms with Gasteiger partial charge in [-0.1, -0.05) is 12.1 Å². The van der Waals surface area contributed by atoms with Crippen LogP contribution < -0.4 is 16.0 Å². The van der Waals surface area contributed by atoms with Crippen molar-refractivity contribution >= 4 is 27.5 Å². The molecule has 2 rings (SSSR count). The molecule has 1 unspecified atom stereocenters. The van der Waals surface area contributed by atoms with Crippen molar-refractivity contribution in [1.29, 1.82) is 0 Å². The molecule has 7 nitrogen and oxygen atoms in total. The Labute approximate surface area is 123 Å². The SMILES string of the molecule is CS(=O)(=O)CCC1NC(=O)N(c2ccc(CN)cc2)C1=O. The van der Waals surface area contributed by atoms with E-state index in [9.17, 15) is 18.0 Å². The van der Waals surface area contributed by atoms with E-state index in [-0.39, 0.29) is 12.2 Å². The molecule has 0 aliphatic carbocycles. The number of rotatable bonds is 5. The molecule has 1 fully saturated rings. The van der Waals surface area contributed by atoms with E-state index < -0.39 is 27.8 Å². The van der Waals surface area contributed by atoms with Crippen molar-refractivity contribution in [2.24, 2.45) is 5.73 Å². The smallest absolute Gasteiger partial charge is 0.326 e. The molecule has 0 spiro atoms. The Morgan fingerprint density at radius 2 is 1.86 bits per heavy atom. The Morgan fingerprint density at radius 3 is 2.38 bits per heavy atom. The minimum atomic E-state index is -3.18. The monoisotopic (exact) mass is 311 g/mol. The molecule has 8 heteroatoms. The first-order chi connectivity index (χ1) is 9.81. The lowest BCUT2D eigenvalue weighted by molar-refractivity contribution is -0.118. The fourth-order valence-corrected chi connectivity index (χ4v) is 2.75. The Bertz CT molecular complexity index is 654. The molecule has 1 saturated heterocycles. The predicted octanol–water partition coefficient (Wildman–Crippen LogP) is 0.00480. The molecule has 1 aliphatic rings. The van der Waals surface area contributed by atoms with Crippen molar-refractivity contribution in [2.45, 2.75) is 19.0 Å². The summed E-state index contributed by atoms with van der Waals surface area (Å²) in [5.74, 6) is -0.590. The molecule has 3 N–H and O–H groups in total. The number of hydrogen-bond acceptors (Lipinski definition) is 5. The Morgan fingerprint density at radius 1 is 1.24 bits per heavy atom. The molecule has 0 bridgehead atoms. The van der Waals surface area contributed by atoms with Gasteiger partial charge in [0.2, 0.25) is 0 Å². The third kappa shape index (κ3) is 3.59. The van der Waals surface area contributed by atoms with E-state index in [0.29, 0.717) is 12.2 Å².